The molecule has 1 aliphatic carbocycles. The molecule has 1 fully saturated rings. The van der Waals surface area contributed by atoms with Gasteiger partial charge < -0.3 is 5.11 Å². The highest BCUT2D eigenvalue weighted by molar-refractivity contribution is 6.04. The zero-order valence-electron chi connectivity index (χ0n) is 17.6. The number of carboxylic acids is 1. The van der Waals surface area contributed by atoms with Crippen molar-refractivity contribution >= 4 is 17.5 Å². The summed E-state index contributed by atoms with van der Waals surface area (Å²) in [5, 5.41) is 8.62. The summed E-state index contributed by atoms with van der Waals surface area (Å²) < 4.78 is 78.0. The van der Waals surface area contributed by atoms with Crippen LogP contribution in [0.3, 0.4) is 0 Å². The van der Waals surface area contributed by atoms with Gasteiger partial charge in [0.25, 0.3) is 0 Å². The number of allylic oxidation sites excluding steroid dienone is 2. The lowest BCUT2D eigenvalue weighted by Gasteiger charge is -2.15. The van der Waals surface area contributed by atoms with Crippen LogP contribution in [0.5, 0.6) is 0 Å². The minimum Gasteiger partial charge on any atom is -0.481 e. The van der Waals surface area contributed by atoms with E-state index in [1.54, 1.807) is 0 Å². The molecule has 1 saturated carbocycles. The van der Waals surface area contributed by atoms with Gasteiger partial charge in [-0.2, -0.15) is 26.3 Å². The van der Waals surface area contributed by atoms with Gasteiger partial charge in [0.1, 0.15) is 5.78 Å². The first kappa shape index (κ1) is 26.6. The Morgan fingerprint density at radius 2 is 1.52 bits per heavy atom. The molecule has 0 spiro atoms. The molecule has 0 amide bonds. The average Bonchev–Trinajstić information content (AvgIpc) is 3.06. The Morgan fingerprint density at radius 3 is 2.06 bits per heavy atom. The molecule has 10 heteroatoms. The number of aliphatic carboxylic acids is 1. The van der Waals surface area contributed by atoms with E-state index in [0.29, 0.717) is 44.2 Å². The average molecular weight is 478 g/mol. The fourth-order valence-corrected chi connectivity index (χ4v) is 3.94. The van der Waals surface area contributed by atoms with Gasteiger partial charge in [0.05, 0.1) is 11.1 Å². The molecule has 2 unspecified atom stereocenters. The molecule has 0 aliphatic heterocycles. The number of Topliss-reactive ketones (excluding diaryl/α,β-unsaturated/α-hetero) is 1. The Kier molecular flexibility index (Phi) is 8.85. The predicted octanol–water partition coefficient (Wildman–Crippen LogP) is 6.48. The second-order valence-corrected chi connectivity index (χ2v) is 8.14. The highest BCUT2D eigenvalue weighted by Crippen LogP contribution is 2.37. The zero-order valence-corrected chi connectivity index (χ0v) is 17.6. The van der Waals surface area contributed by atoms with Gasteiger partial charge in [-0.25, -0.2) is 0 Å². The molecule has 33 heavy (non-hydrogen) atoms. The van der Waals surface area contributed by atoms with Gasteiger partial charge in [0.15, 0.2) is 5.78 Å². The Balaban J connectivity index is 2.07. The van der Waals surface area contributed by atoms with Crippen LogP contribution in [0.4, 0.5) is 26.3 Å². The van der Waals surface area contributed by atoms with Gasteiger partial charge in [-0.3, -0.25) is 14.4 Å². The zero-order chi connectivity index (χ0) is 24.8. The fraction of sp³-hybridized carbons (Fsp3) is 0.522. The highest BCUT2D eigenvalue weighted by Gasteiger charge is 2.37. The number of benzene rings is 1. The van der Waals surface area contributed by atoms with Crippen LogP contribution in [-0.2, 0) is 21.9 Å². The first-order valence-corrected chi connectivity index (χ1v) is 10.6. The summed E-state index contributed by atoms with van der Waals surface area (Å²) in [6, 6.07) is 0.731. The maximum atomic E-state index is 13.0. The molecule has 2 rings (SSSR count). The van der Waals surface area contributed by atoms with Crippen LogP contribution >= 0.6 is 0 Å². The minimum atomic E-state index is -5.05. The van der Waals surface area contributed by atoms with Crippen molar-refractivity contribution < 1.29 is 45.8 Å². The summed E-state index contributed by atoms with van der Waals surface area (Å²) in [6.07, 6.45) is -3.79. The molecule has 1 aliphatic rings. The molecular formula is C23H24F6O4. The Morgan fingerprint density at radius 1 is 0.939 bits per heavy atom. The molecule has 182 valence electrons. The van der Waals surface area contributed by atoms with Crippen LogP contribution < -0.4 is 0 Å². The molecule has 1 N–H and O–H groups in total. The second kappa shape index (κ2) is 11.0. The smallest absolute Gasteiger partial charge is 0.416 e. The van der Waals surface area contributed by atoms with E-state index in [4.69, 9.17) is 5.11 Å². The Hall–Kier alpha value is -2.65. The van der Waals surface area contributed by atoms with E-state index in [-0.39, 0.29) is 36.5 Å². The third-order valence-corrected chi connectivity index (χ3v) is 5.68. The van der Waals surface area contributed by atoms with Crippen LogP contribution in [0.25, 0.3) is 0 Å². The molecule has 4 nitrogen and oxygen atoms in total. The maximum Gasteiger partial charge on any atom is 0.416 e. The number of alkyl halides is 6. The third-order valence-electron chi connectivity index (χ3n) is 5.68. The molecule has 0 heterocycles. The molecule has 0 radical (unpaired) electrons. The van der Waals surface area contributed by atoms with Crippen molar-refractivity contribution in [3.63, 3.8) is 0 Å². The van der Waals surface area contributed by atoms with Gasteiger partial charge in [-0.15, -0.1) is 0 Å². The molecule has 0 bridgehead atoms. The largest absolute Gasteiger partial charge is 0.481 e. The van der Waals surface area contributed by atoms with Crippen LogP contribution in [0.15, 0.2) is 30.4 Å². The number of hydrogen-bond donors (Lipinski definition) is 1. The van der Waals surface area contributed by atoms with E-state index in [0.717, 1.165) is 12.5 Å². The van der Waals surface area contributed by atoms with Crippen LogP contribution in [0, 0.1) is 11.8 Å². The summed E-state index contributed by atoms with van der Waals surface area (Å²) in [4.78, 5) is 35.1. The standard InChI is InChI=1S/C23H24F6O4/c24-22(25,26)16-11-15(12-17(13-16)23(27,28)29)19(30)9-7-14-8-10-20(31)18(14)5-3-1-2-4-6-21(32)33/h7,9,11-14,18H,1-6,8,10H2,(H,32,33). The number of hydrogen-bond acceptors (Lipinski definition) is 3. The molecule has 0 aromatic heterocycles. The van der Waals surface area contributed by atoms with Crippen molar-refractivity contribution in [1.82, 2.24) is 0 Å². The van der Waals surface area contributed by atoms with Crippen molar-refractivity contribution in [2.24, 2.45) is 11.8 Å². The van der Waals surface area contributed by atoms with Crippen LogP contribution in [-0.4, -0.2) is 22.6 Å². The maximum absolute atomic E-state index is 13.0. The van der Waals surface area contributed by atoms with Crippen LogP contribution in [0.1, 0.15) is 72.9 Å². The molecular weight excluding hydrogens is 454 g/mol. The number of unbranched alkanes of at least 4 members (excludes halogenated alkanes) is 3. The summed E-state index contributed by atoms with van der Waals surface area (Å²) in [5.41, 5.74) is -3.86. The predicted molar refractivity (Wildman–Crippen MR) is 106 cm³/mol. The van der Waals surface area contributed by atoms with Crippen molar-refractivity contribution in [3.8, 4) is 0 Å². The number of carbonyl (C=O) groups is 3. The van der Waals surface area contributed by atoms with Gasteiger partial charge in [0, 0.05) is 24.3 Å². The van der Waals surface area contributed by atoms with Crippen molar-refractivity contribution in [2.45, 2.75) is 63.7 Å². The quantitative estimate of drug-likeness (QED) is 0.181. The van der Waals surface area contributed by atoms with E-state index in [1.165, 1.54) is 6.08 Å². The van der Waals surface area contributed by atoms with Crippen molar-refractivity contribution in [2.75, 3.05) is 0 Å². The monoisotopic (exact) mass is 478 g/mol. The lowest BCUT2D eigenvalue weighted by atomic mass is 9.89. The van der Waals surface area contributed by atoms with Crippen LogP contribution in [0.2, 0.25) is 0 Å². The fourth-order valence-electron chi connectivity index (χ4n) is 3.94. The van der Waals surface area contributed by atoms with E-state index >= 15 is 0 Å². The number of halogens is 6. The molecule has 0 saturated heterocycles. The topological polar surface area (TPSA) is 71.4 Å². The van der Waals surface area contributed by atoms with Gasteiger partial charge in [-0.1, -0.05) is 25.3 Å². The van der Waals surface area contributed by atoms with E-state index in [9.17, 15) is 40.7 Å². The van der Waals surface area contributed by atoms with E-state index < -0.39 is 40.8 Å². The first-order chi connectivity index (χ1) is 15.3. The summed E-state index contributed by atoms with van der Waals surface area (Å²) >= 11 is 0. The van der Waals surface area contributed by atoms with Crippen molar-refractivity contribution in [1.29, 1.82) is 0 Å². The van der Waals surface area contributed by atoms with Crippen molar-refractivity contribution in [3.05, 3.63) is 47.0 Å². The molecule has 2 atom stereocenters. The summed E-state index contributed by atoms with van der Waals surface area (Å²) in [7, 11) is 0. The highest BCUT2D eigenvalue weighted by atomic mass is 19.4. The second-order valence-electron chi connectivity index (χ2n) is 8.14. The van der Waals surface area contributed by atoms with Gasteiger partial charge >= 0.3 is 18.3 Å². The lowest BCUT2D eigenvalue weighted by molar-refractivity contribution is -0.143. The van der Waals surface area contributed by atoms with Gasteiger partial charge in [0.2, 0.25) is 0 Å². The molecule has 1 aromatic rings. The molecule has 1 aromatic carbocycles. The third kappa shape index (κ3) is 8.01. The van der Waals surface area contributed by atoms with Gasteiger partial charge in [-0.05, 0) is 49.5 Å². The first-order valence-electron chi connectivity index (χ1n) is 10.6. The summed E-state index contributed by atoms with van der Waals surface area (Å²) in [6.45, 7) is 0. The van der Waals surface area contributed by atoms with E-state index in [1.807, 2.05) is 0 Å². The number of carbonyl (C=O) groups excluding carboxylic acids is 2. The summed E-state index contributed by atoms with van der Waals surface area (Å²) in [5.74, 6) is -2.58. The number of carboxylic acid groups (broad SMARTS) is 1. The lowest BCUT2D eigenvalue weighted by Crippen LogP contribution is -2.14. The Bertz CT molecular complexity index is 869. The van der Waals surface area contributed by atoms with E-state index in [2.05, 4.69) is 0 Å². The number of ketones is 2. The normalized spacial score (nSPS) is 19.4. The number of rotatable bonds is 10. The Labute approximate surface area is 186 Å². The minimum absolute atomic E-state index is 0.000983. The SMILES string of the molecule is O=C(O)CCCCCCC1C(=O)CCC1C=CC(=O)c1cc(C(F)(F)F)cc(C(F)(F)F)c1.